The molecule has 1 rings (SSSR count). The molecule has 1 aromatic rings. The summed E-state index contributed by atoms with van der Waals surface area (Å²) in [5.41, 5.74) is 3.50. The second kappa shape index (κ2) is 8.30. The summed E-state index contributed by atoms with van der Waals surface area (Å²) >= 11 is 0. The molecule has 132 valence electrons. The van der Waals surface area contributed by atoms with E-state index in [1.165, 1.54) is 11.1 Å². The summed E-state index contributed by atoms with van der Waals surface area (Å²) < 4.78 is 0. The topological polar surface area (TPSA) is 6.48 Å². The summed E-state index contributed by atoms with van der Waals surface area (Å²) in [6, 6.07) is 9.21. The van der Waals surface area contributed by atoms with Crippen molar-refractivity contribution in [2.45, 2.75) is 59.9 Å². The molecule has 0 aromatic heterocycles. The highest BCUT2D eigenvalue weighted by Crippen LogP contribution is 2.15. The zero-order valence-electron chi connectivity index (χ0n) is 16.7. The molecule has 0 fully saturated rings. The van der Waals surface area contributed by atoms with Crippen molar-refractivity contribution in [2.24, 2.45) is 5.41 Å². The molecule has 0 N–H and O–H groups in total. The average molecular weight is 319 g/mol. The first kappa shape index (κ1) is 20.2. The second-order valence-corrected chi connectivity index (χ2v) is 9.21. The normalized spacial score (nSPS) is 13.1. The molecule has 0 aliphatic rings. The molecule has 0 heterocycles. The highest BCUT2D eigenvalue weighted by molar-refractivity contribution is 5.23. The Hall–Kier alpha value is -0.860. The van der Waals surface area contributed by atoms with E-state index in [0.717, 1.165) is 32.5 Å². The van der Waals surface area contributed by atoms with Gasteiger partial charge in [0.15, 0.2) is 0 Å². The van der Waals surface area contributed by atoms with Crippen LogP contribution in [-0.4, -0.2) is 49.1 Å². The van der Waals surface area contributed by atoms with Gasteiger partial charge in [-0.05, 0) is 64.3 Å². The molecule has 0 amide bonds. The van der Waals surface area contributed by atoms with Crippen LogP contribution < -0.4 is 0 Å². The minimum absolute atomic E-state index is 0.248. The van der Waals surface area contributed by atoms with E-state index in [1.54, 1.807) is 0 Å². The molecule has 0 unspecified atom stereocenters. The van der Waals surface area contributed by atoms with E-state index < -0.39 is 0 Å². The van der Waals surface area contributed by atoms with Crippen molar-refractivity contribution in [3.63, 3.8) is 0 Å². The Morgan fingerprint density at radius 1 is 0.739 bits per heavy atom. The van der Waals surface area contributed by atoms with Gasteiger partial charge in [-0.25, -0.2) is 0 Å². The van der Waals surface area contributed by atoms with Gasteiger partial charge in [-0.3, -0.25) is 0 Å². The highest BCUT2D eigenvalue weighted by Gasteiger charge is 2.16. The maximum absolute atomic E-state index is 2.44. The fraction of sp³-hybridized carbons (Fsp3) is 0.714. The molecule has 23 heavy (non-hydrogen) atoms. The molecular formula is C21H38N2. The maximum atomic E-state index is 2.44. The molecule has 0 aliphatic carbocycles. The lowest BCUT2D eigenvalue weighted by Crippen LogP contribution is -2.39. The predicted molar refractivity (Wildman–Crippen MR) is 103 cm³/mol. The predicted octanol–water partition coefficient (Wildman–Crippen LogP) is 4.48. The number of likely N-dealkylation sites (N-methyl/N-ethyl adjacent to an activating group) is 2. The van der Waals surface area contributed by atoms with E-state index in [4.69, 9.17) is 0 Å². The van der Waals surface area contributed by atoms with Crippen LogP contribution in [-0.2, 0) is 12.8 Å². The zero-order chi connectivity index (χ0) is 17.7. The number of rotatable bonds is 7. The van der Waals surface area contributed by atoms with Crippen LogP contribution in [0.4, 0.5) is 0 Å². The van der Waals surface area contributed by atoms with Crippen LogP contribution in [0.1, 0.15) is 52.7 Å². The summed E-state index contributed by atoms with van der Waals surface area (Å²) in [6.45, 7) is 17.1. The van der Waals surface area contributed by atoms with E-state index in [2.05, 4.69) is 89.7 Å². The number of hydrogen-bond acceptors (Lipinski definition) is 2. The van der Waals surface area contributed by atoms with Crippen LogP contribution in [0, 0.1) is 5.41 Å². The van der Waals surface area contributed by atoms with Gasteiger partial charge in [0.2, 0.25) is 0 Å². The van der Waals surface area contributed by atoms with Crippen molar-refractivity contribution in [2.75, 3.05) is 33.7 Å². The Balaban J connectivity index is 2.42. The van der Waals surface area contributed by atoms with Crippen molar-refractivity contribution < 1.29 is 0 Å². The lowest BCUT2D eigenvalue weighted by atomic mass is 9.96. The van der Waals surface area contributed by atoms with Crippen molar-refractivity contribution in [1.82, 2.24) is 9.80 Å². The number of benzene rings is 1. The van der Waals surface area contributed by atoms with Crippen molar-refractivity contribution in [3.05, 3.63) is 35.4 Å². The highest BCUT2D eigenvalue weighted by atomic mass is 15.1. The molecule has 0 bridgehead atoms. The van der Waals surface area contributed by atoms with Crippen molar-refractivity contribution in [3.8, 4) is 0 Å². The summed E-state index contributed by atoms with van der Waals surface area (Å²) in [7, 11) is 4.43. The van der Waals surface area contributed by atoms with Crippen LogP contribution in [0.2, 0.25) is 0 Å². The molecule has 0 radical (unpaired) electrons. The van der Waals surface area contributed by atoms with E-state index in [1.807, 2.05) is 0 Å². The average Bonchev–Trinajstić information content (AvgIpc) is 2.40. The monoisotopic (exact) mass is 318 g/mol. The van der Waals surface area contributed by atoms with Crippen molar-refractivity contribution in [1.29, 1.82) is 0 Å². The molecule has 2 heteroatoms. The first-order valence-corrected chi connectivity index (χ1v) is 8.95. The smallest absolute Gasteiger partial charge is 0.0122 e. The summed E-state index contributed by atoms with van der Waals surface area (Å²) in [5.74, 6) is 0. The fourth-order valence-electron chi connectivity index (χ4n) is 2.71. The molecule has 1 aromatic carbocycles. The van der Waals surface area contributed by atoms with Crippen LogP contribution in [0.15, 0.2) is 24.3 Å². The molecule has 2 nitrogen and oxygen atoms in total. The van der Waals surface area contributed by atoms with Crippen LogP contribution in [0.3, 0.4) is 0 Å². The minimum Gasteiger partial charge on any atom is -0.306 e. The van der Waals surface area contributed by atoms with Crippen LogP contribution in [0.5, 0.6) is 0 Å². The van der Waals surface area contributed by atoms with Gasteiger partial charge < -0.3 is 9.80 Å². The van der Waals surface area contributed by atoms with Gasteiger partial charge in [-0.2, -0.15) is 0 Å². The quantitative estimate of drug-likeness (QED) is 0.731. The SMILES string of the molecule is CN(CCc1ccc(CCN(C)C(C)(C)C)cc1)CC(C)(C)C. The van der Waals surface area contributed by atoms with Gasteiger partial charge in [0.25, 0.3) is 0 Å². The third-order valence-electron chi connectivity index (χ3n) is 4.43. The maximum Gasteiger partial charge on any atom is 0.0122 e. The fourth-order valence-corrected chi connectivity index (χ4v) is 2.71. The van der Waals surface area contributed by atoms with E-state index in [0.29, 0.717) is 5.41 Å². The Morgan fingerprint density at radius 3 is 1.57 bits per heavy atom. The van der Waals surface area contributed by atoms with Gasteiger partial charge in [0.1, 0.15) is 0 Å². The van der Waals surface area contributed by atoms with Gasteiger partial charge in [-0.15, -0.1) is 0 Å². The van der Waals surface area contributed by atoms with Gasteiger partial charge in [0.05, 0.1) is 0 Å². The molecule has 0 aliphatic heterocycles. The molecular weight excluding hydrogens is 280 g/mol. The zero-order valence-corrected chi connectivity index (χ0v) is 16.7. The van der Waals surface area contributed by atoms with Gasteiger partial charge >= 0.3 is 0 Å². The Labute approximate surface area is 144 Å². The molecule has 0 spiro atoms. The lowest BCUT2D eigenvalue weighted by Gasteiger charge is -2.31. The van der Waals surface area contributed by atoms with Gasteiger partial charge in [-0.1, -0.05) is 45.0 Å². The largest absolute Gasteiger partial charge is 0.306 e. The van der Waals surface area contributed by atoms with E-state index in [-0.39, 0.29) is 5.54 Å². The number of hydrogen-bond donors (Lipinski definition) is 0. The second-order valence-electron chi connectivity index (χ2n) is 9.21. The van der Waals surface area contributed by atoms with E-state index in [9.17, 15) is 0 Å². The minimum atomic E-state index is 0.248. The Kier molecular flexibility index (Phi) is 7.29. The lowest BCUT2D eigenvalue weighted by molar-refractivity contribution is 0.178. The standard InChI is InChI=1S/C21H38N2/c1-20(2,3)17-22(7)15-13-18-9-11-19(12-10-18)14-16-23(8)21(4,5)6/h9-12H,13-17H2,1-8H3. The van der Waals surface area contributed by atoms with Gasteiger partial charge in [0, 0.05) is 25.2 Å². The summed E-state index contributed by atoms with van der Waals surface area (Å²) in [4.78, 5) is 4.86. The van der Waals surface area contributed by atoms with Crippen LogP contribution >= 0.6 is 0 Å². The molecule has 0 atom stereocenters. The Morgan fingerprint density at radius 2 is 1.17 bits per heavy atom. The summed E-state index contributed by atoms with van der Waals surface area (Å²) in [6.07, 6.45) is 2.26. The van der Waals surface area contributed by atoms with Crippen molar-refractivity contribution >= 4 is 0 Å². The number of nitrogens with zero attached hydrogens (tertiary/aromatic N) is 2. The third-order valence-corrected chi connectivity index (χ3v) is 4.43. The van der Waals surface area contributed by atoms with E-state index >= 15 is 0 Å². The summed E-state index contributed by atoms with van der Waals surface area (Å²) in [5, 5.41) is 0. The first-order chi connectivity index (χ1) is 10.5. The Bertz CT molecular complexity index is 448. The molecule has 0 saturated carbocycles. The first-order valence-electron chi connectivity index (χ1n) is 8.95. The third kappa shape index (κ3) is 8.53. The van der Waals surface area contributed by atoms with Crippen LogP contribution in [0.25, 0.3) is 0 Å². The molecule has 0 saturated heterocycles.